The van der Waals surface area contributed by atoms with Crippen LogP contribution in [0.5, 0.6) is 0 Å². The highest BCUT2D eigenvalue weighted by molar-refractivity contribution is 7.80. The van der Waals surface area contributed by atoms with Gasteiger partial charge < -0.3 is 10.6 Å². The van der Waals surface area contributed by atoms with Crippen molar-refractivity contribution < 1.29 is 0 Å². The van der Waals surface area contributed by atoms with Crippen LogP contribution in [-0.4, -0.2) is 14.9 Å². The monoisotopic (exact) mass is 294 g/mol. The zero-order valence-corrected chi connectivity index (χ0v) is 12.6. The van der Waals surface area contributed by atoms with Crippen molar-refractivity contribution in [2.24, 2.45) is 7.05 Å². The highest BCUT2D eigenvalue weighted by Crippen LogP contribution is 2.19. The molecule has 0 bridgehead atoms. The van der Waals surface area contributed by atoms with E-state index in [1.54, 1.807) is 0 Å². The third-order valence-electron chi connectivity index (χ3n) is 2.85. The average molecular weight is 295 g/mol. The summed E-state index contributed by atoms with van der Waals surface area (Å²) in [7, 11) is 1.91. The van der Waals surface area contributed by atoms with Gasteiger partial charge in [0.15, 0.2) is 5.11 Å². The van der Waals surface area contributed by atoms with E-state index in [9.17, 15) is 0 Å². The van der Waals surface area contributed by atoms with E-state index in [0.29, 0.717) is 10.1 Å². The van der Waals surface area contributed by atoms with Gasteiger partial charge in [0.2, 0.25) is 0 Å². The minimum Gasteiger partial charge on any atom is -0.332 e. The summed E-state index contributed by atoms with van der Waals surface area (Å²) in [4.78, 5) is 0. The summed E-state index contributed by atoms with van der Waals surface area (Å²) < 4.78 is 1.82. The molecule has 2 N–H and O–H groups in total. The Morgan fingerprint density at radius 3 is 2.37 bits per heavy atom. The Kier molecular flexibility index (Phi) is 4.07. The number of benzene rings is 1. The van der Waals surface area contributed by atoms with Gasteiger partial charge in [0.1, 0.15) is 0 Å². The van der Waals surface area contributed by atoms with Crippen LogP contribution in [0.2, 0.25) is 5.02 Å². The van der Waals surface area contributed by atoms with Crippen LogP contribution in [0, 0.1) is 13.8 Å². The number of nitrogens with one attached hydrogen (secondary N) is 2. The first-order valence-electron chi connectivity index (χ1n) is 5.81. The Hall–Kier alpha value is -1.59. The molecule has 6 heteroatoms. The number of hydrogen-bond acceptors (Lipinski definition) is 2. The van der Waals surface area contributed by atoms with Crippen molar-refractivity contribution in [1.29, 1.82) is 0 Å². The second-order valence-corrected chi connectivity index (χ2v) is 5.10. The summed E-state index contributed by atoms with van der Waals surface area (Å²) in [6.45, 7) is 3.94. The van der Waals surface area contributed by atoms with Gasteiger partial charge in [-0.2, -0.15) is 5.10 Å². The van der Waals surface area contributed by atoms with Crippen molar-refractivity contribution in [2.75, 3.05) is 10.6 Å². The molecule has 0 spiro atoms. The van der Waals surface area contributed by atoms with Crippen LogP contribution in [0.15, 0.2) is 24.3 Å². The van der Waals surface area contributed by atoms with E-state index >= 15 is 0 Å². The van der Waals surface area contributed by atoms with Gasteiger partial charge in [-0.05, 0) is 50.3 Å². The quantitative estimate of drug-likeness (QED) is 0.832. The fraction of sp³-hybridized carbons (Fsp3) is 0.231. The fourth-order valence-electron chi connectivity index (χ4n) is 1.76. The lowest BCUT2D eigenvalue weighted by Crippen LogP contribution is -2.19. The van der Waals surface area contributed by atoms with Crippen LogP contribution in [0.4, 0.5) is 11.4 Å². The molecule has 0 aliphatic rings. The van der Waals surface area contributed by atoms with Crippen LogP contribution >= 0.6 is 23.8 Å². The van der Waals surface area contributed by atoms with Gasteiger partial charge in [-0.15, -0.1) is 0 Å². The predicted molar refractivity (Wildman–Crippen MR) is 84.0 cm³/mol. The van der Waals surface area contributed by atoms with Crippen molar-refractivity contribution >= 4 is 40.3 Å². The Morgan fingerprint density at radius 1 is 1.21 bits per heavy atom. The lowest BCUT2D eigenvalue weighted by atomic mass is 10.3. The minimum atomic E-state index is 0.529. The molecule has 0 atom stereocenters. The van der Waals surface area contributed by atoms with Crippen LogP contribution in [0.25, 0.3) is 0 Å². The Balaban J connectivity index is 2.07. The van der Waals surface area contributed by atoms with Gasteiger partial charge in [-0.3, -0.25) is 4.68 Å². The molecule has 0 amide bonds. The van der Waals surface area contributed by atoms with Crippen molar-refractivity contribution in [2.45, 2.75) is 13.8 Å². The molecule has 0 aliphatic carbocycles. The number of aromatic nitrogens is 2. The fourth-order valence-corrected chi connectivity index (χ4v) is 2.11. The molecule has 0 saturated carbocycles. The number of aryl methyl sites for hydroxylation is 2. The van der Waals surface area contributed by atoms with Crippen LogP contribution in [0.3, 0.4) is 0 Å². The zero-order valence-electron chi connectivity index (χ0n) is 11.0. The Morgan fingerprint density at radius 2 is 1.84 bits per heavy atom. The van der Waals surface area contributed by atoms with Crippen LogP contribution in [0.1, 0.15) is 11.4 Å². The molecule has 0 unspecified atom stereocenters. The van der Waals surface area contributed by atoms with E-state index in [0.717, 1.165) is 22.8 Å². The Bertz CT molecular complexity index is 604. The highest BCUT2D eigenvalue weighted by atomic mass is 35.5. The molecule has 2 rings (SSSR count). The molecule has 4 nitrogen and oxygen atoms in total. The molecule has 0 saturated heterocycles. The largest absolute Gasteiger partial charge is 0.332 e. The summed E-state index contributed by atoms with van der Waals surface area (Å²) in [5.41, 5.74) is 3.79. The Labute approximate surface area is 122 Å². The lowest BCUT2D eigenvalue weighted by molar-refractivity contribution is 0.731. The molecule has 1 aromatic carbocycles. The molecule has 0 radical (unpaired) electrons. The first-order valence-corrected chi connectivity index (χ1v) is 6.60. The molecule has 0 fully saturated rings. The number of anilines is 2. The lowest BCUT2D eigenvalue weighted by Gasteiger charge is -2.10. The van der Waals surface area contributed by atoms with Gasteiger partial charge in [0.25, 0.3) is 0 Å². The molecule has 100 valence electrons. The second-order valence-electron chi connectivity index (χ2n) is 4.26. The summed E-state index contributed by atoms with van der Waals surface area (Å²) in [5.74, 6) is 0. The SMILES string of the molecule is Cc1nn(C)c(C)c1NC(=S)Nc1ccc(Cl)cc1. The zero-order chi connectivity index (χ0) is 14.0. The van der Waals surface area contributed by atoms with E-state index in [1.165, 1.54) is 0 Å². The maximum Gasteiger partial charge on any atom is 0.175 e. The molecular weight excluding hydrogens is 280 g/mol. The van der Waals surface area contributed by atoms with E-state index in [1.807, 2.05) is 49.8 Å². The van der Waals surface area contributed by atoms with E-state index in [2.05, 4.69) is 15.7 Å². The molecule has 0 aliphatic heterocycles. The van der Waals surface area contributed by atoms with Gasteiger partial charge in [0, 0.05) is 17.8 Å². The van der Waals surface area contributed by atoms with E-state index < -0.39 is 0 Å². The summed E-state index contributed by atoms with van der Waals surface area (Å²) in [5, 5.41) is 11.8. The minimum absolute atomic E-state index is 0.529. The second kappa shape index (κ2) is 5.59. The smallest absolute Gasteiger partial charge is 0.175 e. The number of nitrogens with zero attached hydrogens (tertiary/aromatic N) is 2. The third-order valence-corrected chi connectivity index (χ3v) is 3.31. The number of halogens is 1. The highest BCUT2D eigenvalue weighted by Gasteiger charge is 2.10. The maximum atomic E-state index is 5.84. The summed E-state index contributed by atoms with van der Waals surface area (Å²) in [6.07, 6.45) is 0. The third kappa shape index (κ3) is 3.24. The first kappa shape index (κ1) is 13.8. The molecule has 1 heterocycles. The summed E-state index contributed by atoms with van der Waals surface area (Å²) in [6, 6.07) is 7.37. The van der Waals surface area contributed by atoms with Gasteiger partial charge in [-0.1, -0.05) is 11.6 Å². The van der Waals surface area contributed by atoms with Crippen molar-refractivity contribution in [3.05, 3.63) is 40.7 Å². The molecular formula is C13H15ClN4S. The van der Waals surface area contributed by atoms with Crippen LogP contribution < -0.4 is 10.6 Å². The number of thiocarbonyl (C=S) groups is 1. The molecule has 1 aromatic heterocycles. The van der Waals surface area contributed by atoms with Crippen molar-refractivity contribution in [3.8, 4) is 0 Å². The maximum absolute atomic E-state index is 5.84. The predicted octanol–water partition coefficient (Wildman–Crippen LogP) is 3.50. The molecule has 2 aromatic rings. The van der Waals surface area contributed by atoms with Gasteiger partial charge in [-0.25, -0.2) is 0 Å². The topological polar surface area (TPSA) is 41.9 Å². The average Bonchev–Trinajstić information content (AvgIpc) is 2.59. The number of hydrogen-bond donors (Lipinski definition) is 2. The van der Waals surface area contributed by atoms with Gasteiger partial charge in [0.05, 0.1) is 17.1 Å². The van der Waals surface area contributed by atoms with Crippen molar-refractivity contribution in [3.63, 3.8) is 0 Å². The first-order chi connectivity index (χ1) is 8.97. The summed E-state index contributed by atoms with van der Waals surface area (Å²) >= 11 is 11.1. The van der Waals surface area contributed by atoms with E-state index in [4.69, 9.17) is 23.8 Å². The number of rotatable bonds is 2. The van der Waals surface area contributed by atoms with Crippen molar-refractivity contribution in [1.82, 2.24) is 9.78 Å². The molecule has 19 heavy (non-hydrogen) atoms. The standard InChI is InChI=1S/C13H15ClN4S/c1-8-12(9(2)18(3)17-8)16-13(19)15-11-6-4-10(14)5-7-11/h4-7H,1-3H3,(H2,15,16,19). The normalized spacial score (nSPS) is 10.3. The van der Waals surface area contributed by atoms with Crippen LogP contribution in [-0.2, 0) is 7.05 Å². The van der Waals surface area contributed by atoms with E-state index in [-0.39, 0.29) is 0 Å². The van der Waals surface area contributed by atoms with Gasteiger partial charge >= 0.3 is 0 Å².